The number of Topliss-reactive ketones (excluding diaryl/α,β-unsaturated/α-hetero) is 1. The van der Waals surface area contributed by atoms with E-state index in [-0.39, 0.29) is 18.3 Å². The molecule has 0 saturated carbocycles. The number of ether oxygens (including phenoxy) is 1. The minimum Gasteiger partial charge on any atom is -0.484 e. The van der Waals surface area contributed by atoms with Gasteiger partial charge in [-0.25, -0.2) is 0 Å². The predicted octanol–water partition coefficient (Wildman–Crippen LogP) is 4.85. The summed E-state index contributed by atoms with van der Waals surface area (Å²) in [5.41, 5.74) is 1.68. The number of anilines is 1. The van der Waals surface area contributed by atoms with Crippen molar-refractivity contribution < 1.29 is 14.3 Å². The number of hydrogen-bond donors (Lipinski definition) is 1. The van der Waals surface area contributed by atoms with Crippen LogP contribution >= 0.6 is 11.6 Å². The van der Waals surface area contributed by atoms with E-state index in [1.165, 1.54) is 0 Å². The number of amides is 1. The highest BCUT2D eigenvalue weighted by molar-refractivity contribution is 6.32. The summed E-state index contributed by atoms with van der Waals surface area (Å²) in [5, 5.41) is 3.25. The molecule has 0 atom stereocenters. The number of hydrogen-bond acceptors (Lipinski definition) is 3. The molecule has 5 heteroatoms. The van der Waals surface area contributed by atoms with Crippen molar-refractivity contribution in [2.75, 3.05) is 11.9 Å². The molecule has 0 heterocycles. The number of para-hydroxylation sites is 1. The average molecular weight is 366 g/mol. The summed E-state index contributed by atoms with van der Waals surface area (Å²) in [6.07, 6.45) is 0. The zero-order chi connectivity index (χ0) is 18.4. The van der Waals surface area contributed by atoms with E-state index >= 15 is 0 Å². The van der Waals surface area contributed by atoms with Gasteiger partial charge in [-0.3, -0.25) is 9.59 Å². The van der Waals surface area contributed by atoms with Crippen LogP contribution in [0, 0.1) is 0 Å². The van der Waals surface area contributed by atoms with E-state index in [1.54, 1.807) is 72.8 Å². The topological polar surface area (TPSA) is 55.4 Å². The van der Waals surface area contributed by atoms with Gasteiger partial charge in [0.25, 0.3) is 5.91 Å². The Balaban J connectivity index is 1.59. The number of carbonyl (C=O) groups is 2. The van der Waals surface area contributed by atoms with Crippen LogP contribution < -0.4 is 10.1 Å². The molecule has 1 amide bonds. The molecule has 26 heavy (non-hydrogen) atoms. The maximum Gasteiger partial charge on any atom is 0.255 e. The number of ketones is 1. The lowest BCUT2D eigenvalue weighted by atomic mass is 10.1. The molecule has 0 aliphatic carbocycles. The Morgan fingerprint density at radius 2 is 1.46 bits per heavy atom. The van der Waals surface area contributed by atoms with Gasteiger partial charge in [0.05, 0.1) is 5.02 Å². The molecular formula is C21H16ClNO3. The molecule has 0 saturated heterocycles. The van der Waals surface area contributed by atoms with Crippen LogP contribution in [0.4, 0.5) is 5.69 Å². The fourth-order valence-electron chi connectivity index (χ4n) is 2.32. The zero-order valence-electron chi connectivity index (χ0n) is 13.8. The SMILES string of the molecule is O=C(COc1ccccc1Cl)c1ccc(NC(=O)c2ccccc2)cc1. The second-order valence-corrected chi connectivity index (χ2v) is 5.95. The quantitative estimate of drug-likeness (QED) is 0.635. The standard InChI is InChI=1S/C21H16ClNO3/c22-18-8-4-5-9-20(18)26-14-19(24)15-10-12-17(13-11-15)23-21(25)16-6-2-1-3-7-16/h1-13H,14H2,(H,23,25). The summed E-state index contributed by atoms with van der Waals surface area (Å²) >= 11 is 6.00. The lowest BCUT2D eigenvalue weighted by molar-refractivity contribution is 0.0921. The Morgan fingerprint density at radius 3 is 2.15 bits per heavy atom. The third-order valence-corrected chi connectivity index (χ3v) is 4.01. The molecule has 3 rings (SSSR count). The Kier molecular flexibility index (Phi) is 5.66. The molecule has 3 aromatic carbocycles. The van der Waals surface area contributed by atoms with E-state index < -0.39 is 0 Å². The summed E-state index contributed by atoms with van der Waals surface area (Å²) in [5.74, 6) is 0.0897. The molecule has 0 bridgehead atoms. The first-order chi connectivity index (χ1) is 12.6. The molecule has 130 valence electrons. The van der Waals surface area contributed by atoms with Gasteiger partial charge >= 0.3 is 0 Å². The largest absolute Gasteiger partial charge is 0.484 e. The molecule has 0 spiro atoms. The van der Waals surface area contributed by atoms with E-state index in [0.717, 1.165) is 0 Å². The zero-order valence-corrected chi connectivity index (χ0v) is 14.6. The fourth-order valence-corrected chi connectivity index (χ4v) is 2.51. The number of carbonyl (C=O) groups excluding carboxylic acids is 2. The van der Waals surface area contributed by atoms with Crippen LogP contribution in [-0.2, 0) is 0 Å². The van der Waals surface area contributed by atoms with Crippen molar-refractivity contribution in [2.24, 2.45) is 0 Å². The van der Waals surface area contributed by atoms with Crippen LogP contribution in [0.2, 0.25) is 5.02 Å². The van der Waals surface area contributed by atoms with Crippen molar-refractivity contribution >= 4 is 29.0 Å². The van der Waals surface area contributed by atoms with Gasteiger partial charge in [0.15, 0.2) is 12.4 Å². The molecule has 0 aliphatic heterocycles. The van der Waals surface area contributed by atoms with Gasteiger partial charge in [-0.2, -0.15) is 0 Å². The number of rotatable bonds is 6. The minimum absolute atomic E-state index is 0.112. The van der Waals surface area contributed by atoms with Gasteiger partial charge in [0.1, 0.15) is 5.75 Å². The van der Waals surface area contributed by atoms with Crippen LogP contribution in [0.5, 0.6) is 5.75 Å². The Bertz CT molecular complexity index is 908. The maximum atomic E-state index is 12.2. The average Bonchev–Trinajstić information content (AvgIpc) is 2.68. The highest BCUT2D eigenvalue weighted by Crippen LogP contribution is 2.23. The van der Waals surface area contributed by atoms with E-state index in [9.17, 15) is 9.59 Å². The first-order valence-corrected chi connectivity index (χ1v) is 8.38. The van der Waals surface area contributed by atoms with Gasteiger partial charge in [-0.1, -0.05) is 41.9 Å². The van der Waals surface area contributed by atoms with Crippen LogP contribution in [0.3, 0.4) is 0 Å². The highest BCUT2D eigenvalue weighted by atomic mass is 35.5. The number of halogens is 1. The molecule has 4 nitrogen and oxygen atoms in total. The van der Waals surface area contributed by atoms with Crippen LogP contribution in [0.15, 0.2) is 78.9 Å². The Morgan fingerprint density at radius 1 is 0.808 bits per heavy atom. The molecule has 0 aliphatic rings. The van der Waals surface area contributed by atoms with Crippen LogP contribution in [-0.4, -0.2) is 18.3 Å². The van der Waals surface area contributed by atoms with Crippen molar-refractivity contribution in [3.8, 4) is 5.75 Å². The molecule has 1 N–H and O–H groups in total. The van der Waals surface area contributed by atoms with Gasteiger partial charge in [-0.15, -0.1) is 0 Å². The third kappa shape index (κ3) is 4.49. The lowest BCUT2D eigenvalue weighted by Gasteiger charge is -2.08. The van der Waals surface area contributed by atoms with E-state index in [1.807, 2.05) is 6.07 Å². The summed E-state index contributed by atoms with van der Waals surface area (Å²) in [6, 6.07) is 22.6. The normalized spacial score (nSPS) is 10.2. The van der Waals surface area contributed by atoms with Gasteiger partial charge < -0.3 is 10.1 Å². The van der Waals surface area contributed by atoms with Gasteiger partial charge in [0.2, 0.25) is 0 Å². The molecule has 0 fully saturated rings. The van der Waals surface area contributed by atoms with Crippen molar-refractivity contribution in [3.05, 3.63) is 95.0 Å². The maximum absolute atomic E-state index is 12.2. The number of nitrogens with one attached hydrogen (secondary N) is 1. The van der Waals surface area contributed by atoms with Crippen LogP contribution in [0.25, 0.3) is 0 Å². The lowest BCUT2D eigenvalue weighted by Crippen LogP contribution is -2.13. The molecule has 3 aromatic rings. The first-order valence-electron chi connectivity index (χ1n) is 8.00. The van der Waals surface area contributed by atoms with Crippen molar-refractivity contribution in [2.45, 2.75) is 0 Å². The van der Waals surface area contributed by atoms with Crippen molar-refractivity contribution in [1.82, 2.24) is 0 Å². The minimum atomic E-state index is -0.202. The molecule has 0 radical (unpaired) electrons. The number of benzene rings is 3. The van der Waals surface area contributed by atoms with E-state index in [0.29, 0.717) is 27.6 Å². The third-order valence-electron chi connectivity index (χ3n) is 3.70. The van der Waals surface area contributed by atoms with Crippen molar-refractivity contribution in [1.29, 1.82) is 0 Å². The Hall–Kier alpha value is -3.11. The second-order valence-electron chi connectivity index (χ2n) is 5.54. The van der Waals surface area contributed by atoms with E-state index in [2.05, 4.69) is 5.32 Å². The first kappa shape index (κ1) is 17.7. The molecule has 0 aromatic heterocycles. The summed E-state index contributed by atoms with van der Waals surface area (Å²) in [6.45, 7) is -0.112. The van der Waals surface area contributed by atoms with Crippen molar-refractivity contribution in [3.63, 3.8) is 0 Å². The molecule has 0 unspecified atom stereocenters. The summed E-state index contributed by atoms with van der Waals surface area (Å²) in [7, 11) is 0. The predicted molar refractivity (Wildman–Crippen MR) is 102 cm³/mol. The van der Waals surface area contributed by atoms with Gasteiger partial charge in [-0.05, 0) is 48.5 Å². The second kappa shape index (κ2) is 8.32. The smallest absolute Gasteiger partial charge is 0.255 e. The highest BCUT2D eigenvalue weighted by Gasteiger charge is 2.10. The summed E-state index contributed by atoms with van der Waals surface area (Å²) < 4.78 is 5.45. The monoisotopic (exact) mass is 365 g/mol. The Labute approximate surface area is 156 Å². The van der Waals surface area contributed by atoms with E-state index in [4.69, 9.17) is 16.3 Å². The van der Waals surface area contributed by atoms with Crippen LogP contribution in [0.1, 0.15) is 20.7 Å². The molecular weight excluding hydrogens is 350 g/mol. The van der Waals surface area contributed by atoms with Gasteiger partial charge in [0, 0.05) is 16.8 Å². The summed E-state index contributed by atoms with van der Waals surface area (Å²) in [4.78, 5) is 24.3. The fraction of sp³-hybridized carbons (Fsp3) is 0.0476.